The van der Waals surface area contributed by atoms with Crippen LogP contribution in [0.15, 0.2) is 34.6 Å². The van der Waals surface area contributed by atoms with Crippen LogP contribution in [0.2, 0.25) is 0 Å². The molecule has 0 saturated carbocycles. The molecule has 0 atom stereocenters. The second kappa shape index (κ2) is 13.0. The molecule has 0 unspecified atom stereocenters. The SMILES string of the molecule is CCNC(=NCc1nc(C(C)C)cs1)NCCCC(=O)N1CCc2ccccc2C1.I. The quantitative estimate of drug-likeness (QED) is 0.221. The van der Waals surface area contributed by atoms with Gasteiger partial charge in [0.05, 0.1) is 12.2 Å². The average molecular weight is 556 g/mol. The number of guanidine groups is 1. The first-order chi connectivity index (χ1) is 14.6. The van der Waals surface area contributed by atoms with Crippen molar-refractivity contribution in [2.75, 3.05) is 19.6 Å². The van der Waals surface area contributed by atoms with Gasteiger partial charge in [0, 0.05) is 38.0 Å². The standard InChI is InChI=1S/C23H33N5OS.HI/c1-4-24-23(26-14-21-27-20(16-30-21)17(2)3)25-12-7-10-22(29)28-13-11-18-8-5-6-9-19(18)15-28;/h5-6,8-9,16-17H,4,7,10-15H2,1-3H3,(H2,24,25,26);1H. The van der Waals surface area contributed by atoms with E-state index in [4.69, 9.17) is 0 Å². The van der Waals surface area contributed by atoms with Gasteiger partial charge in [-0.15, -0.1) is 35.3 Å². The predicted octanol–water partition coefficient (Wildman–Crippen LogP) is 4.30. The third-order valence-corrected chi connectivity index (χ3v) is 6.07. The number of carbonyl (C=O) groups excluding carboxylic acids is 1. The summed E-state index contributed by atoms with van der Waals surface area (Å²) in [6.45, 7) is 9.99. The zero-order valence-corrected chi connectivity index (χ0v) is 21.8. The highest BCUT2D eigenvalue weighted by Crippen LogP contribution is 2.19. The normalized spacial score (nSPS) is 13.5. The molecular weight excluding hydrogens is 521 g/mol. The number of fused-ring (bicyclic) bond motifs is 1. The molecule has 0 radical (unpaired) electrons. The maximum Gasteiger partial charge on any atom is 0.222 e. The Balaban J connectivity index is 0.00000341. The minimum atomic E-state index is 0. The number of carbonyl (C=O) groups is 1. The van der Waals surface area contributed by atoms with E-state index in [-0.39, 0.29) is 29.9 Å². The first kappa shape index (κ1) is 25.6. The number of aromatic nitrogens is 1. The first-order valence-corrected chi connectivity index (χ1v) is 11.8. The van der Waals surface area contributed by atoms with Gasteiger partial charge in [0.25, 0.3) is 0 Å². The lowest BCUT2D eigenvalue weighted by molar-refractivity contribution is -0.132. The van der Waals surface area contributed by atoms with Crippen LogP contribution < -0.4 is 10.6 Å². The van der Waals surface area contributed by atoms with Crippen molar-refractivity contribution >= 4 is 47.2 Å². The topological polar surface area (TPSA) is 69.6 Å². The Morgan fingerprint density at radius 1 is 1.26 bits per heavy atom. The summed E-state index contributed by atoms with van der Waals surface area (Å²) in [5.41, 5.74) is 3.78. The molecule has 0 spiro atoms. The van der Waals surface area contributed by atoms with E-state index in [0.29, 0.717) is 18.9 Å². The molecule has 31 heavy (non-hydrogen) atoms. The van der Waals surface area contributed by atoms with Gasteiger partial charge in [0.1, 0.15) is 5.01 Å². The van der Waals surface area contributed by atoms with Gasteiger partial charge in [0.15, 0.2) is 5.96 Å². The van der Waals surface area contributed by atoms with Gasteiger partial charge in [-0.3, -0.25) is 4.79 Å². The molecule has 8 heteroatoms. The fourth-order valence-electron chi connectivity index (χ4n) is 3.46. The van der Waals surface area contributed by atoms with Crippen LogP contribution in [-0.4, -0.2) is 41.4 Å². The largest absolute Gasteiger partial charge is 0.357 e. The molecule has 2 heterocycles. The van der Waals surface area contributed by atoms with Crippen LogP contribution in [0.3, 0.4) is 0 Å². The molecule has 0 bridgehead atoms. The first-order valence-electron chi connectivity index (χ1n) is 10.9. The fourth-order valence-corrected chi connectivity index (χ4v) is 4.34. The third-order valence-electron chi connectivity index (χ3n) is 5.22. The van der Waals surface area contributed by atoms with Crippen molar-refractivity contribution in [1.82, 2.24) is 20.5 Å². The highest BCUT2D eigenvalue weighted by Gasteiger charge is 2.19. The Kier molecular flexibility index (Phi) is 10.7. The Hall–Kier alpha value is -1.68. The Bertz CT molecular complexity index is 867. The number of aliphatic imine (C=N–C) groups is 1. The monoisotopic (exact) mass is 555 g/mol. The average Bonchev–Trinajstić information content (AvgIpc) is 3.24. The summed E-state index contributed by atoms with van der Waals surface area (Å²) < 4.78 is 0. The predicted molar refractivity (Wildman–Crippen MR) is 139 cm³/mol. The number of rotatable bonds is 8. The number of halogens is 1. The molecule has 0 saturated heterocycles. The van der Waals surface area contributed by atoms with Crippen molar-refractivity contribution in [2.24, 2.45) is 4.99 Å². The van der Waals surface area contributed by atoms with Crippen molar-refractivity contribution in [3.63, 3.8) is 0 Å². The molecule has 1 aliphatic heterocycles. The molecule has 6 nitrogen and oxygen atoms in total. The zero-order valence-electron chi connectivity index (χ0n) is 18.7. The highest BCUT2D eigenvalue weighted by atomic mass is 127. The van der Waals surface area contributed by atoms with E-state index in [2.05, 4.69) is 65.0 Å². The van der Waals surface area contributed by atoms with Gasteiger partial charge in [0.2, 0.25) is 5.91 Å². The van der Waals surface area contributed by atoms with Crippen LogP contribution >= 0.6 is 35.3 Å². The molecule has 2 N–H and O–H groups in total. The number of thiazole rings is 1. The summed E-state index contributed by atoms with van der Waals surface area (Å²) in [5.74, 6) is 1.45. The number of nitrogens with one attached hydrogen (secondary N) is 2. The lowest BCUT2D eigenvalue weighted by Gasteiger charge is -2.29. The molecule has 1 aromatic heterocycles. The van der Waals surface area contributed by atoms with Crippen molar-refractivity contribution in [2.45, 2.75) is 59.0 Å². The van der Waals surface area contributed by atoms with Gasteiger partial charge in [-0.25, -0.2) is 9.98 Å². The van der Waals surface area contributed by atoms with Crippen LogP contribution in [0.25, 0.3) is 0 Å². The van der Waals surface area contributed by atoms with Gasteiger partial charge in [-0.2, -0.15) is 0 Å². The minimum Gasteiger partial charge on any atom is -0.357 e. The summed E-state index contributed by atoms with van der Waals surface area (Å²) in [6, 6.07) is 8.41. The maximum atomic E-state index is 12.6. The fraction of sp³-hybridized carbons (Fsp3) is 0.522. The van der Waals surface area contributed by atoms with Crippen molar-refractivity contribution in [3.8, 4) is 0 Å². The van der Waals surface area contributed by atoms with E-state index in [1.54, 1.807) is 11.3 Å². The number of nitrogens with zero attached hydrogens (tertiary/aromatic N) is 3. The van der Waals surface area contributed by atoms with Gasteiger partial charge >= 0.3 is 0 Å². The summed E-state index contributed by atoms with van der Waals surface area (Å²) in [7, 11) is 0. The van der Waals surface area contributed by atoms with Gasteiger partial charge in [-0.1, -0.05) is 38.1 Å². The number of hydrogen-bond donors (Lipinski definition) is 2. The van der Waals surface area contributed by atoms with Crippen LogP contribution in [0.5, 0.6) is 0 Å². The summed E-state index contributed by atoms with van der Waals surface area (Å²) in [4.78, 5) is 23.8. The molecular formula is C23H34IN5OS. The minimum absolute atomic E-state index is 0. The molecule has 0 aliphatic carbocycles. The third kappa shape index (κ3) is 7.75. The Labute approximate surface area is 207 Å². The molecule has 1 aliphatic rings. The van der Waals surface area contributed by atoms with Crippen LogP contribution in [0, 0.1) is 0 Å². The van der Waals surface area contributed by atoms with Gasteiger partial charge in [-0.05, 0) is 36.8 Å². The zero-order chi connectivity index (χ0) is 21.3. The lowest BCUT2D eigenvalue weighted by atomic mass is 9.99. The summed E-state index contributed by atoms with van der Waals surface area (Å²) in [6.07, 6.45) is 2.29. The number of benzene rings is 1. The van der Waals surface area contributed by atoms with E-state index in [0.717, 1.165) is 55.7 Å². The van der Waals surface area contributed by atoms with E-state index < -0.39 is 0 Å². The van der Waals surface area contributed by atoms with Crippen LogP contribution in [0.4, 0.5) is 0 Å². The van der Waals surface area contributed by atoms with E-state index >= 15 is 0 Å². The molecule has 0 fully saturated rings. The van der Waals surface area contributed by atoms with E-state index in [9.17, 15) is 4.79 Å². The van der Waals surface area contributed by atoms with Gasteiger partial charge < -0.3 is 15.5 Å². The number of amides is 1. The summed E-state index contributed by atoms with van der Waals surface area (Å²) in [5, 5.41) is 9.74. The van der Waals surface area contributed by atoms with Crippen molar-refractivity contribution in [3.05, 3.63) is 51.5 Å². The molecule has 170 valence electrons. The van der Waals surface area contributed by atoms with Crippen LogP contribution in [0.1, 0.15) is 61.4 Å². The maximum absolute atomic E-state index is 12.6. The Morgan fingerprint density at radius 2 is 2.03 bits per heavy atom. The van der Waals surface area contributed by atoms with Crippen LogP contribution in [-0.2, 0) is 24.3 Å². The lowest BCUT2D eigenvalue weighted by Crippen LogP contribution is -2.39. The van der Waals surface area contributed by atoms with E-state index in [1.165, 1.54) is 11.1 Å². The summed E-state index contributed by atoms with van der Waals surface area (Å²) >= 11 is 1.66. The molecule has 3 rings (SSSR count). The molecule has 1 amide bonds. The van der Waals surface area contributed by atoms with E-state index in [1.807, 2.05) is 11.0 Å². The van der Waals surface area contributed by atoms with Crippen molar-refractivity contribution < 1.29 is 4.79 Å². The number of hydrogen-bond acceptors (Lipinski definition) is 4. The second-order valence-electron chi connectivity index (χ2n) is 7.88. The molecule has 1 aromatic carbocycles. The highest BCUT2D eigenvalue weighted by molar-refractivity contribution is 14.0. The smallest absolute Gasteiger partial charge is 0.222 e. The molecule has 2 aromatic rings. The second-order valence-corrected chi connectivity index (χ2v) is 8.82. The van der Waals surface area contributed by atoms with Crippen molar-refractivity contribution in [1.29, 1.82) is 0 Å². The Morgan fingerprint density at radius 3 is 2.74 bits per heavy atom.